The van der Waals surface area contributed by atoms with Gasteiger partial charge in [0.15, 0.2) is 0 Å². The number of hydrogen-bond acceptors (Lipinski definition) is 2. The quantitative estimate of drug-likeness (QED) is 0.694. The van der Waals surface area contributed by atoms with Gasteiger partial charge in [0, 0.05) is 31.2 Å². The lowest BCUT2D eigenvalue weighted by Crippen LogP contribution is -2.61. The molecule has 0 aromatic heterocycles. The van der Waals surface area contributed by atoms with Crippen LogP contribution in [0.5, 0.6) is 0 Å². The third-order valence-corrected chi connectivity index (χ3v) is 2.78. The fraction of sp³-hybridized carbons (Fsp3) is 1.00. The molecule has 0 aliphatic carbocycles. The molecule has 0 saturated carbocycles. The van der Waals surface area contributed by atoms with Gasteiger partial charge in [0.2, 0.25) is 0 Å². The maximum atomic E-state index is 3.58. The monoisotopic (exact) mass is 198 g/mol. The molecule has 0 amide bonds. The minimum Gasteiger partial charge on any atom is -0.309 e. The van der Waals surface area contributed by atoms with E-state index in [0.717, 1.165) is 13.1 Å². The van der Waals surface area contributed by atoms with Crippen LogP contribution in [-0.4, -0.2) is 36.1 Å². The standard InChI is InChI=1S/C12H26N2/c1-10-7-13-12(5,6)9-14(10)8-11(2,3)4/h10,13H,7-9H2,1-6H3. The zero-order valence-electron chi connectivity index (χ0n) is 10.6. The summed E-state index contributed by atoms with van der Waals surface area (Å²) in [6, 6.07) is 0.669. The van der Waals surface area contributed by atoms with Gasteiger partial charge in [-0.15, -0.1) is 0 Å². The molecular formula is C12H26N2. The van der Waals surface area contributed by atoms with E-state index < -0.39 is 0 Å². The van der Waals surface area contributed by atoms with Crippen molar-refractivity contribution in [1.82, 2.24) is 10.2 Å². The van der Waals surface area contributed by atoms with Gasteiger partial charge in [-0.3, -0.25) is 4.90 Å². The van der Waals surface area contributed by atoms with Crippen molar-refractivity contribution in [2.24, 2.45) is 5.41 Å². The fourth-order valence-corrected chi connectivity index (χ4v) is 2.09. The molecule has 2 heteroatoms. The van der Waals surface area contributed by atoms with Gasteiger partial charge < -0.3 is 5.32 Å². The molecule has 2 nitrogen and oxygen atoms in total. The first kappa shape index (κ1) is 12.0. The van der Waals surface area contributed by atoms with Gasteiger partial charge in [0.25, 0.3) is 0 Å². The van der Waals surface area contributed by atoms with Crippen LogP contribution in [0.15, 0.2) is 0 Å². The van der Waals surface area contributed by atoms with Gasteiger partial charge >= 0.3 is 0 Å². The molecule has 1 fully saturated rings. The van der Waals surface area contributed by atoms with E-state index in [9.17, 15) is 0 Å². The molecule has 84 valence electrons. The Bertz CT molecular complexity index is 189. The average molecular weight is 198 g/mol. The lowest BCUT2D eigenvalue weighted by Gasteiger charge is -2.45. The van der Waals surface area contributed by atoms with Crippen molar-refractivity contribution >= 4 is 0 Å². The average Bonchev–Trinajstić information content (AvgIpc) is 1.93. The Hall–Kier alpha value is -0.0800. The molecule has 1 atom stereocenters. The minimum atomic E-state index is 0.276. The van der Waals surface area contributed by atoms with Gasteiger partial charge in [-0.25, -0.2) is 0 Å². The van der Waals surface area contributed by atoms with Gasteiger partial charge in [-0.2, -0.15) is 0 Å². The van der Waals surface area contributed by atoms with E-state index in [4.69, 9.17) is 0 Å². The second-order valence-electron chi connectivity index (χ2n) is 6.58. The Kier molecular flexibility index (Phi) is 3.27. The van der Waals surface area contributed by atoms with Gasteiger partial charge in [0.05, 0.1) is 0 Å². The maximum absolute atomic E-state index is 3.58. The molecule has 1 aliphatic heterocycles. The highest BCUT2D eigenvalue weighted by molar-refractivity contribution is 4.91. The summed E-state index contributed by atoms with van der Waals surface area (Å²) < 4.78 is 0. The van der Waals surface area contributed by atoms with E-state index >= 15 is 0 Å². The lowest BCUT2D eigenvalue weighted by molar-refractivity contribution is 0.0721. The van der Waals surface area contributed by atoms with Crippen molar-refractivity contribution in [3.63, 3.8) is 0 Å². The van der Waals surface area contributed by atoms with Crippen molar-refractivity contribution in [3.8, 4) is 0 Å². The SMILES string of the molecule is CC1CNC(C)(C)CN1CC(C)(C)C. The van der Waals surface area contributed by atoms with Crippen molar-refractivity contribution in [2.75, 3.05) is 19.6 Å². The summed E-state index contributed by atoms with van der Waals surface area (Å²) in [7, 11) is 0. The van der Waals surface area contributed by atoms with Crippen molar-refractivity contribution < 1.29 is 0 Å². The van der Waals surface area contributed by atoms with Gasteiger partial charge in [-0.05, 0) is 26.2 Å². The van der Waals surface area contributed by atoms with E-state index in [1.54, 1.807) is 0 Å². The molecule has 0 aromatic carbocycles. The van der Waals surface area contributed by atoms with Crippen LogP contribution in [-0.2, 0) is 0 Å². The largest absolute Gasteiger partial charge is 0.309 e. The molecule has 0 radical (unpaired) electrons. The topological polar surface area (TPSA) is 15.3 Å². The summed E-state index contributed by atoms with van der Waals surface area (Å²) in [6.45, 7) is 17.3. The van der Waals surface area contributed by atoms with E-state index in [2.05, 4.69) is 51.8 Å². The van der Waals surface area contributed by atoms with E-state index in [0.29, 0.717) is 11.5 Å². The smallest absolute Gasteiger partial charge is 0.0252 e. The molecule has 1 saturated heterocycles. The molecular weight excluding hydrogens is 172 g/mol. The van der Waals surface area contributed by atoms with Crippen LogP contribution in [0.3, 0.4) is 0 Å². The van der Waals surface area contributed by atoms with Crippen molar-refractivity contribution in [3.05, 3.63) is 0 Å². The Morgan fingerprint density at radius 3 is 2.43 bits per heavy atom. The zero-order chi connectivity index (χ0) is 11.0. The highest BCUT2D eigenvalue weighted by Gasteiger charge is 2.31. The highest BCUT2D eigenvalue weighted by Crippen LogP contribution is 2.21. The summed E-state index contributed by atoms with van der Waals surface area (Å²) in [4.78, 5) is 2.61. The van der Waals surface area contributed by atoms with E-state index in [1.165, 1.54) is 6.54 Å². The zero-order valence-corrected chi connectivity index (χ0v) is 10.6. The Balaban J connectivity index is 2.58. The molecule has 0 bridgehead atoms. The second-order valence-corrected chi connectivity index (χ2v) is 6.58. The Labute approximate surface area is 89.1 Å². The van der Waals surface area contributed by atoms with Gasteiger partial charge in [0.1, 0.15) is 0 Å². The Morgan fingerprint density at radius 2 is 1.93 bits per heavy atom. The first-order chi connectivity index (χ1) is 6.20. The third-order valence-electron chi connectivity index (χ3n) is 2.78. The number of hydrogen-bond donors (Lipinski definition) is 1. The predicted octanol–water partition coefficient (Wildman–Crippen LogP) is 2.10. The van der Waals surface area contributed by atoms with Crippen molar-refractivity contribution in [2.45, 2.75) is 53.1 Å². The van der Waals surface area contributed by atoms with E-state index in [1.807, 2.05) is 0 Å². The summed E-state index contributed by atoms with van der Waals surface area (Å²) in [6.07, 6.45) is 0. The van der Waals surface area contributed by atoms with Crippen LogP contribution < -0.4 is 5.32 Å². The van der Waals surface area contributed by atoms with Crippen LogP contribution in [0, 0.1) is 5.41 Å². The molecule has 1 heterocycles. The maximum Gasteiger partial charge on any atom is 0.0252 e. The van der Waals surface area contributed by atoms with Crippen LogP contribution in [0.1, 0.15) is 41.5 Å². The number of nitrogens with zero attached hydrogens (tertiary/aromatic N) is 1. The summed E-state index contributed by atoms with van der Waals surface area (Å²) in [5.41, 5.74) is 0.680. The number of nitrogens with one attached hydrogen (secondary N) is 1. The van der Waals surface area contributed by atoms with Crippen LogP contribution in [0.2, 0.25) is 0 Å². The number of rotatable bonds is 1. The summed E-state index contributed by atoms with van der Waals surface area (Å²) >= 11 is 0. The molecule has 0 aromatic rings. The minimum absolute atomic E-state index is 0.276. The third kappa shape index (κ3) is 3.58. The predicted molar refractivity (Wildman–Crippen MR) is 62.6 cm³/mol. The van der Waals surface area contributed by atoms with Crippen LogP contribution in [0.25, 0.3) is 0 Å². The van der Waals surface area contributed by atoms with Crippen molar-refractivity contribution in [1.29, 1.82) is 0 Å². The number of piperazine rings is 1. The van der Waals surface area contributed by atoms with Gasteiger partial charge in [-0.1, -0.05) is 20.8 Å². The first-order valence-corrected chi connectivity index (χ1v) is 5.69. The molecule has 1 unspecified atom stereocenters. The molecule has 1 rings (SSSR count). The highest BCUT2D eigenvalue weighted by atomic mass is 15.2. The molecule has 0 spiro atoms. The van der Waals surface area contributed by atoms with E-state index in [-0.39, 0.29) is 5.54 Å². The van der Waals surface area contributed by atoms with Crippen LogP contribution in [0.4, 0.5) is 0 Å². The summed E-state index contributed by atoms with van der Waals surface area (Å²) in [5.74, 6) is 0. The lowest BCUT2D eigenvalue weighted by atomic mass is 9.92. The molecule has 1 N–H and O–H groups in total. The second kappa shape index (κ2) is 3.82. The summed E-state index contributed by atoms with van der Waals surface area (Å²) in [5, 5.41) is 3.58. The normalized spacial score (nSPS) is 29.1. The fourth-order valence-electron chi connectivity index (χ4n) is 2.09. The van der Waals surface area contributed by atoms with Crippen LogP contribution >= 0.6 is 0 Å². The first-order valence-electron chi connectivity index (χ1n) is 5.69. The molecule has 14 heavy (non-hydrogen) atoms. The molecule has 1 aliphatic rings. The Morgan fingerprint density at radius 1 is 1.36 bits per heavy atom.